The van der Waals surface area contributed by atoms with Crippen LogP contribution in [0.25, 0.3) is 11.5 Å². The molecule has 1 aromatic carbocycles. The van der Waals surface area contributed by atoms with Gasteiger partial charge in [0.1, 0.15) is 5.76 Å². The lowest BCUT2D eigenvalue weighted by Crippen LogP contribution is -2.10. The van der Waals surface area contributed by atoms with Crippen molar-refractivity contribution < 1.29 is 13.9 Å². The lowest BCUT2D eigenvalue weighted by atomic mass is 9.87. The maximum Gasteiger partial charge on any atom is 0.360 e. The third-order valence-corrected chi connectivity index (χ3v) is 3.17. The van der Waals surface area contributed by atoms with Gasteiger partial charge in [-0.2, -0.15) is 0 Å². The predicted molar refractivity (Wildman–Crippen MR) is 76.7 cm³/mol. The number of aromatic nitrogens is 1. The monoisotopic (exact) mass is 273 g/mol. The number of carbonyl (C=O) groups is 1. The highest BCUT2D eigenvalue weighted by Crippen LogP contribution is 2.27. The zero-order chi connectivity index (χ0) is 14.9. The summed E-state index contributed by atoms with van der Waals surface area (Å²) in [5.74, 6) is 0.416. The predicted octanol–water partition coefficient (Wildman–Crippen LogP) is 3.73. The lowest BCUT2D eigenvalue weighted by Gasteiger charge is -2.18. The smallest absolute Gasteiger partial charge is 0.360 e. The van der Waals surface area contributed by atoms with Crippen molar-refractivity contribution in [2.75, 3.05) is 7.11 Å². The van der Waals surface area contributed by atoms with E-state index < -0.39 is 5.97 Å². The van der Waals surface area contributed by atoms with Crippen molar-refractivity contribution in [1.82, 2.24) is 4.98 Å². The fourth-order valence-electron chi connectivity index (χ4n) is 1.92. The van der Waals surface area contributed by atoms with E-state index in [0.29, 0.717) is 11.7 Å². The van der Waals surface area contributed by atoms with Crippen LogP contribution in [-0.2, 0) is 10.2 Å². The Hall–Kier alpha value is -2.10. The standard InChI is InChI=1S/C16H19NO3/c1-10-13(15(18)19-5)17-14(20-10)11-6-8-12(9-7-11)16(2,3)4/h6-9H,1-5H3. The molecule has 2 aromatic rings. The Bertz CT molecular complexity index is 618. The molecule has 2 rings (SSSR count). The van der Waals surface area contributed by atoms with Gasteiger partial charge >= 0.3 is 5.97 Å². The number of methoxy groups -OCH3 is 1. The third-order valence-electron chi connectivity index (χ3n) is 3.17. The number of hydrogen-bond donors (Lipinski definition) is 0. The first-order valence-corrected chi connectivity index (χ1v) is 6.49. The number of oxazole rings is 1. The van der Waals surface area contributed by atoms with Gasteiger partial charge in [0.15, 0.2) is 5.69 Å². The van der Waals surface area contributed by atoms with Gasteiger partial charge in [0.05, 0.1) is 7.11 Å². The topological polar surface area (TPSA) is 52.3 Å². The van der Waals surface area contributed by atoms with Crippen molar-refractivity contribution in [3.8, 4) is 11.5 Å². The molecule has 1 heterocycles. The quantitative estimate of drug-likeness (QED) is 0.782. The molecule has 0 spiro atoms. The van der Waals surface area contributed by atoms with Crippen LogP contribution in [0.4, 0.5) is 0 Å². The van der Waals surface area contributed by atoms with Crippen LogP contribution in [0.15, 0.2) is 28.7 Å². The summed E-state index contributed by atoms with van der Waals surface area (Å²) in [5, 5.41) is 0. The van der Waals surface area contributed by atoms with Gasteiger partial charge in [-0.15, -0.1) is 0 Å². The van der Waals surface area contributed by atoms with Crippen molar-refractivity contribution in [2.24, 2.45) is 0 Å². The Labute approximate surface area is 118 Å². The van der Waals surface area contributed by atoms with E-state index in [-0.39, 0.29) is 11.1 Å². The minimum absolute atomic E-state index is 0.0994. The average molecular weight is 273 g/mol. The molecule has 0 N–H and O–H groups in total. The fourth-order valence-corrected chi connectivity index (χ4v) is 1.92. The summed E-state index contributed by atoms with van der Waals surface area (Å²) in [5.41, 5.74) is 2.40. The number of carbonyl (C=O) groups excluding carboxylic acids is 1. The molecule has 4 heteroatoms. The Morgan fingerprint density at radius 2 is 1.80 bits per heavy atom. The molecule has 0 bridgehead atoms. The second-order valence-electron chi connectivity index (χ2n) is 5.74. The van der Waals surface area contributed by atoms with Crippen LogP contribution in [0, 0.1) is 6.92 Å². The minimum Gasteiger partial charge on any atom is -0.464 e. The Kier molecular flexibility index (Phi) is 3.66. The molecule has 0 aliphatic carbocycles. The zero-order valence-electron chi connectivity index (χ0n) is 12.5. The summed E-state index contributed by atoms with van der Waals surface area (Å²) in [7, 11) is 1.33. The molecular weight excluding hydrogens is 254 g/mol. The maximum atomic E-state index is 11.5. The highest BCUT2D eigenvalue weighted by molar-refractivity contribution is 5.88. The molecule has 0 fully saturated rings. The van der Waals surface area contributed by atoms with Crippen molar-refractivity contribution in [1.29, 1.82) is 0 Å². The van der Waals surface area contributed by atoms with Crippen LogP contribution >= 0.6 is 0 Å². The van der Waals surface area contributed by atoms with E-state index in [9.17, 15) is 4.79 Å². The summed E-state index contributed by atoms with van der Waals surface area (Å²) in [6.45, 7) is 8.18. The molecule has 0 radical (unpaired) electrons. The third kappa shape index (κ3) is 2.74. The van der Waals surface area contributed by atoms with Crippen molar-refractivity contribution in [2.45, 2.75) is 33.1 Å². The van der Waals surface area contributed by atoms with Crippen molar-refractivity contribution in [3.05, 3.63) is 41.3 Å². The van der Waals surface area contributed by atoms with Gasteiger partial charge < -0.3 is 9.15 Å². The van der Waals surface area contributed by atoms with E-state index in [1.165, 1.54) is 12.7 Å². The van der Waals surface area contributed by atoms with Gasteiger partial charge in [-0.25, -0.2) is 9.78 Å². The van der Waals surface area contributed by atoms with Gasteiger partial charge in [-0.1, -0.05) is 32.9 Å². The second kappa shape index (κ2) is 5.12. The summed E-state index contributed by atoms with van der Waals surface area (Å²) in [4.78, 5) is 15.7. The maximum absolute atomic E-state index is 11.5. The summed E-state index contributed by atoms with van der Waals surface area (Å²) in [6, 6.07) is 8.00. The van der Waals surface area contributed by atoms with Crippen LogP contribution in [0.1, 0.15) is 42.6 Å². The molecule has 0 saturated carbocycles. The van der Waals surface area contributed by atoms with Crippen LogP contribution < -0.4 is 0 Å². The highest BCUT2D eigenvalue weighted by atomic mass is 16.5. The largest absolute Gasteiger partial charge is 0.464 e. The summed E-state index contributed by atoms with van der Waals surface area (Å²) in [6.07, 6.45) is 0. The van der Waals surface area contributed by atoms with E-state index in [0.717, 1.165) is 5.56 Å². The normalized spacial score (nSPS) is 11.4. The van der Waals surface area contributed by atoms with Crippen LogP contribution in [0.5, 0.6) is 0 Å². The van der Waals surface area contributed by atoms with Crippen LogP contribution in [0.2, 0.25) is 0 Å². The highest BCUT2D eigenvalue weighted by Gasteiger charge is 2.19. The molecule has 0 aliphatic rings. The van der Waals surface area contributed by atoms with Crippen molar-refractivity contribution in [3.63, 3.8) is 0 Å². The molecule has 0 unspecified atom stereocenters. The molecule has 4 nitrogen and oxygen atoms in total. The number of ether oxygens (including phenoxy) is 1. The first-order valence-electron chi connectivity index (χ1n) is 6.49. The molecule has 20 heavy (non-hydrogen) atoms. The molecular formula is C16H19NO3. The van der Waals surface area contributed by atoms with E-state index in [1.807, 2.05) is 24.3 Å². The second-order valence-corrected chi connectivity index (χ2v) is 5.74. The van der Waals surface area contributed by atoms with Crippen LogP contribution in [0.3, 0.4) is 0 Å². The Balaban J connectivity index is 2.35. The molecule has 0 saturated heterocycles. The van der Waals surface area contributed by atoms with Gasteiger partial charge in [0, 0.05) is 5.56 Å². The molecule has 1 aromatic heterocycles. The van der Waals surface area contributed by atoms with Crippen LogP contribution in [-0.4, -0.2) is 18.1 Å². The zero-order valence-corrected chi connectivity index (χ0v) is 12.5. The molecule has 106 valence electrons. The van der Waals surface area contributed by atoms with E-state index in [1.54, 1.807) is 6.92 Å². The number of hydrogen-bond acceptors (Lipinski definition) is 4. The number of nitrogens with zero attached hydrogens (tertiary/aromatic N) is 1. The SMILES string of the molecule is COC(=O)c1nc(-c2ccc(C(C)(C)C)cc2)oc1C. The van der Waals surface area contributed by atoms with E-state index in [4.69, 9.17) is 4.42 Å². The van der Waals surface area contributed by atoms with Gasteiger partial charge in [0.2, 0.25) is 5.89 Å². The fraction of sp³-hybridized carbons (Fsp3) is 0.375. The van der Waals surface area contributed by atoms with E-state index >= 15 is 0 Å². The summed E-state index contributed by atoms with van der Waals surface area (Å²) < 4.78 is 10.2. The van der Waals surface area contributed by atoms with Crippen molar-refractivity contribution >= 4 is 5.97 Å². The number of esters is 1. The number of benzene rings is 1. The molecule has 0 atom stereocenters. The first-order chi connectivity index (χ1) is 9.32. The Morgan fingerprint density at radius 1 is 1.20 bits per heavy atom. The number of aryl methyl sites for hydroxylation is 1. The number of rotatable bonds is 2. The lowest BCUT2D eigenvalue weighted by molar-refractivity contribution is 0.0593. The minimum atomic E-state index is -0.483. The van der Waals surface area contributed by atoms with Gasteiger partial charge in [-0.3, -0.25) is 0 Å². The average Bonchev–Trinajstić information content (AvgIpc) is 2.79. The van der Waals surface area contributed by atoms with Gasteiger partial charge in [0.25, 0.3) is 0 Å². The first kappa shape index (κ1) is 14.3. The molecule has 0 amide bonds. The van der Waals surface area contributed by atoms with E-state index in [2.05, 4.69) is 30.5 Å². The molecule has 0 aliphatic heterocycles. The Morgan fingerprint density at radius 3 is 2.30 bits per heavy atom. The van der Waals surface area contributed by atoms with Gasteiger partial charge in [-0.05, 0) is 30.0 Å². The summed E-state index contributed by atoms with van der Waals surface area (Å²) >= 11 is 0.